The number of hydrogen-bond donors (Lipinski definition) is 4. The van der Waals surface area contributed by atoms with Crippen molar-refractivity contribution in [3.8, 4) is 5.75 Å². The quantitative estimate of drug-likeness (QED) is 0.312. The van der Waals surface area contributed by atoms with Gasteiger partial charge in [-0.05, 0) is 42.0 Å². The number of phenolic OH excluding ortho intramolecular Hbond substituents is 1. The largest absolute Gasteiger partial charge is 0.508 e. The average molecular weight is 499 g/mol. The van der Waals surface area contributed by atoms with Gasteiger partial charge in [-0.1, -0.05) is 36.4 Å². The number of anilines is 1. The molecule has 0 unspecified atom stereocenters. The van der Waals surface area contributed by atoms with Crippen LogP contribution in [0.4, 0.5) is 10.1 Å². The lowest BCUT2D eigenvalue weighted by Gasteiger charge is -2.31. The number of fused-ring (bicyclic) bond motifs is 2. The fourth-order valence-corrected chi connectivity index (χ4v) is 5.88. The van der Waals surface area contributed by atoms with Gasteiger partial charge in [-0.15, -0.1) is 0 Å². The fraction of sp³-hybridized carbons (Fsp3) is 0.179. The van der Waals surface area contributed by atoms with Gasteiger partial charge in [0.1, 0.15) is 17.1 Å². The van der Waals surface area contributed by atoms with Gasteiger partial charge in [0.2, 0.25) is 11.8 Å². The molecule has 8 nitrogen and oxygen atoms in total. The number of aromatic nitrogens is 1. The molecule has 4 N–H and O–H groups in total. The molecule has 2 fully saturated rings. The van der Waals surface area contributed by atoms with Crippen molar-refractivity contribution in [1.82, 2.24) is 10.3 Å². The molecule has 37 heavy (non-hydrogen) atoms. The highest BCUT2D eigenvalue weighted by Crippen LogP contribution is 2.52. The molecular weight excluding hydrogens is 477 g/mol. The van der Waals surface area contributed by atoms with Crippen LogP contribution in [0.5, 0.6) is 5.75 Å². The van der Waals surface area contributed by atoms with E-state index in [0.717, 1.165) is 27.9 Å². The van der Waals surface area contributed by atoms with E-state index in [1.54, 1.807) is 24.4 Å². The maximum atomic E-state index is 13.9. The molecule has 0 aliphatic carbocycles. The second kappa shape index (κ2) is 8.28. The third kappa shape index (κ3) is 3.35. The van der Waals surface area contributed by atoms with E-state index in [4.69, 9.17) is 0 Å². The maximum absolute atomic E-state index is 13.9. The van der Waals surface area contributed by atoms with Crippen molar-refractivity contribution < 1.29 is 29.0 Å². The molecule has 6 rings (SSSR count). The van der Waals surface area contributed by atoms with Crippen LogP contribution < -0.4 is 10.2 Å². The Bertz CT molecular complexity index is 1570. The lowest BCUT2D eigenvalue weighted by atomic mass is 9.76. The zero-order valence-corrected chi connectivity index (χ0v) is 19.4. The van der Waals surface area contributed by atoms with Crippen LogP contribution in [0, 0.1) is 17.7 Å². The predicted molar refractivity (Wildman–Crippen MR) is 132 cm³/mol. The number of nitrogens with zero attached hydrogens (tertiary/aromatic N) is 1. The van der Waals surface area contributed by atoms with Crippen LogP contribution in [0.3, 0.4) is 0 Å². The molecule has 3 aromatic carbocycles. The van der Waals surface area contributed by atoms with Gasteiger partial charge in [0.15, 0.2) is 0 Å². The third-order valence-electron chi connectivity index (χ3n) is 7.54. The number of carboxylic acids is 1. The zero-order chi connectivity index (χ0) is 25.9. The molecule has 0 spiro atoms. The number of amides is 2. The number of aromatic hydroxyl groups is 1. The SMILES string of the molecule is O=C1[C@@H]2[C@@H](c3ccccc3O)N[C@](Cc3c[nH]c4ccccc34)(C(=O)O)[C@@H]2C(=O)N1c1ccc(F)cc1. The van der Waals surface area contributed by atoms with Crippen molar-refractivity contribution >= 4 is 34.4 Å². The summed E-state index contributed by atoms with van der Waals surface area (Å²) in [5, 5.41) is 25.2. The average Bonchev–Trinajstić information content (AvgIpc) is 3.53. The number of H-pyrrole nitrogens is 1. The first-order valence-electron chi connectivity index (χ1n) is 11.8. The lowest BCUT2D eigenvalue weighted by molar-refractivity contribution is -0.148. The molecule has 2 aliphatic rings. The molecule has 4 aromatic rings. The van der Waals surface area contributed by atoms with Crippen molar-refractivity contribution in [1.29, 1.82) is 0 Å². The Morgan fingerprint density at radius 1 is 0.973 bits per heavy atom. The second-order valence-corrected chi connectivity index (χ2v) is 9.49. The van der Waals surface area contributed by atoms with Crippen LogP contribution in [0.15, 0.2) is 79.0 Å². The van der Waals surface area contributed by atoms with E-state index < -0.39 is 47.0 Å². The van der Waals surface area contributed by atoms with Crippen molar-refractivity contribution in [2.75, 3.05) is 4.90 Å². The Morgan fingerprint density at radius 2 is 1.68 bits per heavy atom. The first-order valence-corrected chi connectivity index (χ1v) is 11.8. The monoisotopic (exact) mass is 499 g/mol. The number of aliphatic carboxylic acids is 1. The summed E-state index contributed by atoms with van der Waals surface area (Å²) in [6.07, 6.45) is 1.62. The molecule has 0 radical (unpaired) electrons. The van der Waals surface area contributed by atoms with E-state index in [-0.39, 0.29) is 17.9 Å². The Kier molecular flexibility index (Phi) is 5.13. The molecule has 186 valence electrons. The van der Waals surface area contributed by atoms with Gasteiger partial charge in [-0.2, -0.15) is 0 Å². The number of imide groups is 1. The van der Waals surface area contributed by atoms with Gasteiger partial charge >= 0.3 is 5.97 Å². The van der Waals surface area contributed by atoms with Crippen LogP contribution >= 0.6 is 0 Å². The first kappa shape index (κ1) is 22.9. The molecule has 2 amide bonds. The summed E-state index contributed by atoms with van der Waals surface area (Å²) in [6, 6.07) is 17.7. The molecule has 9 heteroatoms. The molecule has 0 saturated carbocycles. The summed E-state index contributed by atoms with van der Waals surface area (Å²) in [7, 11) is 0. The second-order valence-electron chi connectivity index (χ2n) is 9.49. The van der Waals surface area contributed by atoms with Crippen LogP contribution in [0.25, 0.3) is 10.9 Å². The van der Waals surface area contributed by atoms with Crippen LogP contribution in [0.2, 0.25) is 0 Å². The van der Waals surface area contributed by atoms with E-state index >= 15 is 0 Å². The topological polar surface area (TPSA) is 123 Å². The van der Waals surface area contributed by atoms with Crippen molar-refractivity contribution in [2.24, 2.45) is 11.8 Å². The molecule has 3 heterocycles. The van der Waals surface area contributed by atoms with E-state index in [9.17, 15) is 29.0 Å². The molecule has 0 bridgehead atoms. The van der Waals surface area contributed by atoms with Gasteiger partial charge in [-0.3, -0.25) is 19.7 Å². The Morgan fingerprint density at radius 3 is 2.41 bits per heavy atom. The fourth-order valence-electron chi connectivity index (χ4n) is 5.88. The number of aromatic amines is 1. The number of phenols is 1. The van der Waals surface area contributed by atoms with Crippen molar-refractivity contribution in [3.63, 3.8) is 0 Å². The third-order valence-corrected chi connectivity index (χ3v) is 7.54. The number of rotatable bonds is 5. The summed E-state index contributed by atoms with van der Waals surface area (Å²) in [4.78, 5) is 44.8. The van der Waals surface area contributed by atoms with Gasteiger partial charge in [0.05, 0.1) is 17.5 Å². The van der Waals surface area contributed by atoms with Crippen molar-refractivity contribution in [2.45, 2.75) is 18.0 Å². The predicted octanol–water partition coefficient (Wildman–Crippen LogP) is 3.53. The van der Waals surface area contributed by atoms with Crippen LogP contribution in [-0.2, 0) is 20.8 Å². The normalized spacial score (nSPS) is 25.1. The van der Waals surface area contributed by atoms with Gasteiger partial charge in [-0.25, -0.2) is 9.29 Å². The Balaban J connectivity index is 1.52. The summed E-state index contributed by atoms with van der Waals surface area (Å²) in [5.41, 5.74) is 0.105. The highest BCUT2D eigenvalue weighted by Gasteiger charge is 2.69. The number of carbonyl (C=O) groups is 3. The van der Waals surface area contributed by atoms with Gasteiger partial charge in [0.25, 0.3) is 0 Å². The summed E-state index contributed by atoms with van der Waals surface area (Å²) < 4.78 is 13.6. The number of carbonyl (C=O) groups excluding carboxylic acids is 2. The minimum absolute atomic E-state index is 0.0894. The van der Waals surface area contributed by atoms with Crippen LogP contribution in [0.1, 0.15) is 17.2 Å². The van der Waals surface area contributed by atoms with Gasteiger partial charge < -0.3 is 15.2 Å². The highest BCUT2D eigenvalue weighted by molar-refractivity contribution is 6.24. The summed E-state index contributed by atoms with van der Waals surface area (Å²) >= 11 is 0. The molecule has 4 atom stereocenters. The number of para-hydroxylation sites is 2. The number of benzene rings is 3. The van der Waals surface area contributed by atoms with E-state index in [1.165, 1.54) is 18.2 Å². The zero-order valence-electron chi connectivity index (χ0n) is 19.4. The highest BCUT2D eigenvalue weighted by atomic mass is 19.1. The van der Waals surface area contributed by atoms with Crippen LogP contribution in [-0.4, -0.2) is 38.5 Å². The number of hydrogen-bond acceptors (Lipinski definition) is 5. The minimum atomic E-state index is -1.86. The van der Waals surface area contributed by atoms with E-state index in [1.807, 2.05) is 24.3 Å². The molecule has 2 aliphatic heterocycles. The molecule has 2 saturated heterocycles. The first-order chi connectivity index (χ1) is 17.8. The molecular formula is C28H22FN3O5. The van der Waals surface area contributed by atoms with Crippen molar-refractivity contribution in [3.05, 3.63) is 95.9 Å². The smallest absolute Gasteiger partial charge is 0.325 e. The number of carboxylic acid groups (broad SMARTS) is 1. The number of halogens is 1. The summed E-state index contributed by atoms with van der Waals surface area (Å²) in [5.74, 6) is -5.61. The van der Waals surface area contributed by atoms with Gasteiger partial charge in [0, 0.05) is 35.1 Å². The number of nitrogens with one attached hydrogen (secondary N) is 2. The maximum Gasteiger partial charge on any atom is 0.325 e. The van der Waals surface area contributed by atoms with E-state index in [2.05, 4.69) is 10.3 Å². The minimum Gasteiger partial charge on any atom is -0.508 e. The Labute approximate surface area is 210 Å². The standard InChI is InChI=1S/C28H22FN3O5/c29-16-9-11-17(12-10-16)32-25(34)22-23(26(32)35)28(27(36)37,31-24(22)19-6-2-4-8-21(19)33)13-15-14-30-20-7-3-1-5-18(15)20/h1-12,14,22-24,30-31,33H,13H2,(H,36,37)/t22-,23-,24+,28-/m0/s1. The summed E-state index contributed by atoms with van der Waals surface area (Å²) in [6.45, 7) is 0. The molecule has 1 aromatic heterocycles. The lowest BCUT2D eigenvalue weighted by Crippen LogP contribution is -2.57. The van der Waals surface area contributed by atoms with E-state index in [0.29, 0.717) is 11.1 Å². The Hall–Kier alpha value is -4.50.